The Bertz CT molecular complexity index is 331. The van der Waals surface area contributed by atoms with E-state index in [-0.39, 0.29) is 11.6 Å². The van der Waals surface area contributed by atoms with Gasteiger partial charge >= 0.3 is 0 Å². The zero-order valence-corrected chi connectivity index (χ0v) is 7.69. The van der Waals surface area contributed by atoms with Gasteiger partial charge in [-0.05, 0) is 6.07 Å². The van der Waals surface area contributed by atoms with E-state index in [0.29, 0.717) is 17.5 Å². The number of nitrogens with two attached hydrogens (primary N) is 2. The zero-order valence-electron chi connectivity index (χ0n) is 7.69. The number of aliphatic hydroxyl groups is 2. The highest BCUT2D eigenvalue weighted by molar-refractivity contribution is 5.79. The summed E-state index contributed by atoms with van der Waals surface area (Å²) in [5.74, 6) is 0.0631. The van der Waals surface area contributed by atoms with E-state index in [4.69, 9.17) is 21.7 Å². The number of hydrogen-bond donors (Lipinski definition) is 5. The molecular weight excluding hydrogens is 186 g/mol. The fraction of sp³-hybridized carbons (Fsp3) is 0.125. The average molecular weight is 199 g/mol. The normalized spacial score (nSPS) is 10.3. The van der Waals surface area contributed by atoms with E-state index in [0.717, 1.165) is 13.3 Å². The Balaban J connectivity index is 0.000000791. The van der Waals surface area contributed by atoms with Crippen LogP contribution in [0, 0.1) is 0 Å². The number of aldehydes is 1. The molecule has 1 rings (SSSR count). The fourth-order valence-electron chi connectivity index (χ4n) is 0.857. The molecule has 0 aliphatic rings. The van der Waals surface area contributed by atoms with Crippen LogP contribution >= 0.6 is 0 Å². The van der Waals surface area contributed by atoms with Gasteiger partial charge in [-0.15, -0.1) is 0 Å². The minimum atomic E-state index is -0.156. The van der Waals surface area contributed by atoms with Crippen LogP contribution in [0.2, 0.25) is 0 Å². The van der Waals surface area contributed by atoms with E-state index >= 15 is 0 Å². The molecule has 78 valence electrons. The molecule has 1 aromatic heterocycles. The van der Waals surface area contributed by atoms with Gasteiger partial charge in [0.05, 0.1) is 11.3 Å². The zero-order chi connectivity index (χ0) is 11.1. The SMILES string of the molecule is CO.N/C=C(/O)c1cc(C=O)[nH]c1N. The molecule has 0 saturated carbocycles. The predicted molar refractivity (Wildman–Crippen MR) is 53.5 cm³/mol. The van der Waals surface area contributed by atoms with Crippen molar-refractivity contribution in [2.24, 2.45) is 5.73 Å². The topological polar surface area (TPSA) is 125 Å². The molecule has 6 nitrogen and oxygen atoms in total. The minimum absolute atomic E-state index is 0.156. The number of carbonyl (C=O) groups excluding carboxylic acids is 1. The first-order valence-electron chi connectivity index (χ1n) is 3.68. The van der Waals surface area contributed by atoms with E-state index in [1.165, 1.54) is 6.07 Å². The van der Waals surface area contributed by atoms with Crippen LogP contribution in [0.1, 0.15) is 16.1 Å². The minimum Gasteiger partial charge on any atom is -0.506 e. The van der Waals surface area contributed by atoms with Crippen LogP contribution in [0.25, 0.3) is 5.76 Å². The third kappa shape index (κ3) is 2.53. The maximum absolute atomic E-state index is 10.3. The Kier molecular flexibility index (Phi) is 4.87. The summed E-state index contributed by atoms with van der Waals surface area (Å²) in [6.07, 6.45) is 1.61. The second-order valence-corrected chi connectivity index (χ2v) is 2.22. The van der Waals surface area contributed by atoms with Crippen molar-refractivity contribution in [1.29, 1.82) is 0 Å². The lowest BCUT2D eigenvalue weighted by Crippen LogP contribution is -1.92. The first-order valence-corrected chi connectivity index (χ1v) is 3.68. The maximum Gasteiger partial charge on any atom is 0.166 e. The summed E-state index contributed by atoms with van der Waals surface area (Å²) >= 11 is 0. The van der Waals surface area contributed by atoms with Crippen molar-refractivity contribution in [2.75, 3.05) is 12.8 Å². The first-order chi connectivity index (χ1) is 6.69. The summed E-state index contributed by atoms with van der Waals surface area (Å²) in [5, 5.41) is 16.1. The van der Waals surface area contributed by atoms with Gasteiger partial charge in [-0.1, -0.05) is 0 Å². The summed E-state index contributed by atoms with van der Waals surface area (Å²) in [4.78, 5) is 12.8. The molecule has 0 fully saturated rings. The van der Waals surface area contributed by atoms with Gasteiger partial charge < -0.3 is 26.7 Å². The Hall–Kier alpha value is -1.95. The van der Waals surface area contributed by atoms with Crippen LogP contribution in [0.4, 0.5) is 5.82 Å². The molecule has 14 heavy (non-hydrogen) atoms. The highest BCUT2D eigenvalue weighted by atomic mass is 16.3. The molecular formula is C8H13N3O3. The van der Waals surface area contributed by atoms with Gasteiger partial charge in [0.15, 0.2) is 6.29 Å². The molecule has 0 aromatic carbocycles. The third-order valence-corrected chi connectivity index (χ3v) is 1.43. The highest BCUT2D eigenvalue weighted by Crippen LogP contribution is 2.18. The van der Waals surface area contributed by atoms with Crippen molar-refractivity contribution in [3.8, 4) is 0 Å². The molecule has 0 atom stereocenters. The van der Waals surface area contributed by atoms with Crippen LogP contribution in [-0.2, 0) is 0 Å². The van der Waals surface area contributed by atoms with Gasteiger partial charge in [0.1, 0.15) is 11.6 Å². The van der Waals surface area contributed by atoms with Crippen molar-refractivity contribution in [1.82, 2.24) is 4.98 Å². The van der Waals surface area contributed by atoms with Crippen molar-refractivity contribution in [3.05, 3.63) is 23.5 Å². The van der Waals surface area contributed by atoms with Crippen LogP contribution in [0.5, 0.6) is 0 Å². The van der Waals surface area contributed by atoms with Gasteiger partial charge in [0, 0.05) is 13.3 Å². The number of aliphatic hydroxyl groups excluding tert-OH is 2. The fourth-order valence-corrected chi connectivity index (χ4v) is 0.857. The van der Waals surface area contributed by atoms with Crippen LogP contribution in [0.15, 0.2) is 12.3 Å². The van der Waals surface area contributed by atoms with E-state index in [9.17, 15) is 4.79 Å². The number of nitrogen functional groups attached to an aromatic ring is 1. The lowest BCUT2D eigenvalue weighted by atomic mass is 10.2. The number of aromatic nitrogens is 1. The molecule has 7 N–H and O–H groups in total. The molecule has 0 unspecified atom stereocenters. The average Bonchev–Trinajstić information content (AvgIpc) is 2.61. The summed E-state index contributed by atoms with van der Waals surface area (Å²) in [5.41, 5.74) is 11.1. The molecule has 0 aliphatic heterocycles. The van der Waals surface area contributed by atoms with Crippen molar-refractivity contribution < 1.29 is 15.0 Å². The number of carbonyl (C=O) groups is 1. The lowest BCUT2D eigenvalue weighted by Gasteiger charge is -1.94. The monoisotopic (exact) mass is 199 g/mol. The van der Waals surface area contributed by atoms with Gasteiger partial charge in [0.25, 0.3) is 0 Å². The van der Waals surface area contributed by atoms with E-state index in [1.807, 2.05) is 0 Å². The van der Waals surface area contributed by atoms with Crippen molar-refractivity contribution >= 4 is 17.9 Å². The standard InChI is InChI=1S/C7H9N3O2.CH4O/c8-2-6(12)5-1-4(3-11)10-7(5)9;1-2/h1-3,10,12H,8-9H2;2H,1H3/b6-2+;. The van der Waals surface area contributed by atoms with Gasteiger partial charge in [-0.3, -0.25) is 4.79 Å². The number of rotatable bonds is 2. The number of anilines is 1. The molecule has 0 aliphatic carbocycles. The summed E-state index contributed by atoms with van der Waals surface area (Å²) in [7, 11) is 1.00. The first kappa shape index (κ1) is 12.0. The molecule has 0 saturated heterocycles. The Morgan fingerprint density at radius 3 is 2.50 bits per heavy atom. The van der Waals surface area contributed by atoms with E-state index in [1.54, 1.807) is 0 Å². The highest BCUT2D eigenvalue weighted by Gasteiger charge is 2.07. The molecule has 1 heterocycles. The maximum atomic E-state index is 10.3. The third-order valence-electron chi connectivity index (χ3n) is 1.43. The van der Waals surface area contributed by atoms with E-state index < -0.39 is 0 Å². The Labute approximate surface area is 80.8 Å². The molecule has 1 aromatic rings. The molecule has 0 bridgehead atoms. The number of H-pyrrole nitrogens is 1. The Morgan fingerprint density at radius 2 is 2.14 bits per heavy atom. The number of hydrogen-bond acceptors (Lipinski definition) is 5. The van der Waals surface area contributed by atoms with Crippen molar-refractivity contribution in [2.45, 2.75) is 0 Å². The molecule has 0 spiro atoms. The van der Waals surface area contributed by atoms with Gasteiger partial charge in [-0.25, -0.2) is 0 Å². The van der Waals surface area contributed by atoms with Crippen LogP contribution in [0.3, 0.4) is 0 Å². The summed E-state index contributed by atoms with van der Waals surface area (Å²) < 4.78 is 0. The largest absolute Gasteiger partial charge is 0.506 e. The molecule has 6 heteroatoms. The van der Waals surface area contributed by atoms with Crippen LogP contribution < -0.4 is 11.5 Å². The number of aromatic amines is 1. The summed E-state index contributed by atoms with van der Waals surface area (Å²) in [6, 6.07) is 1.42. The van der Waals surface area contributed by atoms with Gasteiger partial charge in [-0.2, -0.15) is 0 Å². The van der Waals surface area contributed by atoms with Gasteiger partial charge in [0.2, 0.25) is 0 Å². The van der Waals surface area contributed by atoms with E-state index in [2.05, 4.69) is 4.98 Å². The quantitative estimate of drug-likeness (QED) is 0.334. The second-order valence-electron chi connectivity index (χ2n) is 2.22. The smallest absolute Gasteiger partial charge is 0.166 e. The van der Waals surface area contributed by atoms with Crippen molar-refractivity contribution in [3.63, 3.8) is 0 Å². The Morgan fingerprint density at radius 1 is 1.57 bits per heavy atom. The lowest BCUT2D eigenvalue weighted by molar-refractivity contribution is 0.111. The second kappa shape index (κ2) is 5.65. The summed E-state index contributed by atoms with van der Waals surface area (Å²) in [6.45, 7) is 0. The molecule has 0 amide bonds. The number of nitrogens with one attached hydrogen (secondary N) is 1. The van der Waals surface area contributed by atoms with Crippen LogP contribution in [-0.4, -0.2) is 28.6 Å². The molecule has 0 radical (unpaired) electrons. The predicted octanol–water partition coefficient (Wildman–Crippen LogP) is -0.167.